The molecule has 23 heavy (non-hydrogen) atoms. The maximum atomic E-state index is 13.0. The van der Waals surface area contributed by atoms with E-state index < -0.39 is 0 Å². The first-order valence-corrected chi connectivity index (χ1v) is 7.95. The van der Waals surface area contributed by atoms with Gasteiger partial charge in [-0.1, -0.05) is 37.6 Å². The van der Waals surface area contributed by atoms with E-state index in [2.05, 4.69) is 12.2 Å². The summed E-state index contributed by atoms with van der Waals surface area (Å²) in [5, 5.41) is 2.93. The SMILES string of the molecule is CCCC(CC(=O)NCc1ccc(N)cc1)c1ccc(F)cc1. The molecule has 0 aliphatic heterocycles. The Balaban J connectivity index is 1.92. The number of hydrogen-bond donors (Lipinski definition) is 2. The van der Waals surface area contributed by atoms with Crippen molar-refractivity contribution in [2.45, 2.75) is 38.6 Å². The second-order valence-electron chi connectivity index (χ2n) is 5.76. The van der Waals surface area contributed by atoms with Crippen molar-refractivity contribution in [3.8, 4) is 0 Å². The average molecular weight is 314 g/mol. The maximum Gasteiger partial charge on any atom is 0.220 e. The molecule has 0 saturated heterocycles. The standard InChI is InChI=1S/C19H23FN2O/c1-2-3-16(15-6-8-17(20)9-7-15)12-19(23)22-13-14-4-10-18(21)11-5-14/h4-11,16H,2-3,12-13,21H2,1H3,(H,22,23). The van der Waals surface area contributed by atoms with Gasteiger partial charge in [0.15, 0.2) is 0 Å². The number of amides is 1. The number of rotatable bonds is 7. The van der Waals surface area contributed by atoms with Crippen molar-refractivity contribution in [2.24, 2.45) is 0 Å². The van der Waals surface area contributed by atoms with E-state index in [-0.39, 0.29) is 17.6 Å². The Labute approximate surface area is 136 Å². The van der Waals surface area contributed by atoms with E-state index in [0.29, 0.717) is 18.7 Å². The fourth-order valence-electron chi connectivity index (χ4n) is 2.60. The number of carbonyl (C=O) groups excluding carboxylic acids is 1. The van der Waals surface area contributed by atoms with Crippen LogP contribution in [-0.2, 0) is 11.3 Å². The fourth-order valence-corrected chi connectivity index (χ4v) is 2.60. The van der Waals surface area contributed by atoms with E-state index >= 15 is 0 Å². The molecule has 0 bridgehead atoms. The van der Waals surface area contributed by atoms with Crippen LogP contribution in [0, 0.1) is 5.82 Å². The summed E-state index contributed by atoms with van der Waals surface area (Å²) in [6.45, 7) is 2.57. The quantitative estimate of drug-likeness (QED) is 0.759. The largest absolute Gasteiger partial charge is 0.399 e. The lowest BCUT2D eigenvalue weighted by molar-refractivity contribution is -0.121. The predicted octanol–water partition coefficient (Wildman–Crippen LogP) is 4.00. The van der Waals surface area contributed by atoms with Crippen LogP contribution in [0.4, 0.5) is 10.1 Å². The van der Waals surface area contributed by atoms with Crippen molar-refractivity contribution in [3.63, 3.8) is 0 Å². The van der Waals surface area contributed by atoms with E-state index in [1.165, 1.54) is 12.1 Å². The lowest BCUT2D eigenvalue weighted by Gasteiger charge is -2.16. The van der Waals surface area contributed by atoms with Crippen molar-refractivity contribution in [2.75, 3.05) is 5.73 Å². The topological polar surface area (TPSA) is 55.1 Å². The van der Waals surface area contributed by atoms with Crippen LogP contribution in [0.25, 0.3) is 0 Å². The van der Waals surface area contributed by atoms with Crippen LogP contribution in [-0.4, -0.2) is 5.91 Å². The van der Waals surface area contributed by atoms with E-state index in [1.807, 2.05) is 24.3 Å². The normalized spacial score (nSPS) is 11.9. The minimum absolute atomic E-state index is 0.00426. The molecule has 4 heteroatoms. The van der Waals surface area contributed by atoms with Crippen LogP contribution >= 0.6 is 0 Å². The number of nitrogens with one attached hydrogen (secondary N) is 1. The van der Waals surface area contributed by atoms with Gasteiger partial charge in [0, 0.05) is 18.7 Å². The molecule has 1 amide bonds. The number of nitrogens with two attached hydrogens (primary N) is 1. The van der Waals surface area contributed by atoms with Crippen molar-refractivity contribution in [1.29, 1.82) is 0 Å². The summed E-state index contributed by atoms with van der Waals surface area (Å²) < 4.78 is 13.0. The van der Waals surface area contributed by atoms with Crippen LogP contribution in [0.5, 0.6) is 0 Å². The third-order valence-corrected chi connectivity index (χ3v) is 3.88. The highest BCUT2D eigenvalue weighted by Crippen LogP contribution is 2.25. The first kappa shape index (κ1) is 17.0. The second-order valence-corrected chi connectivity index (χ2v) is 5.76. The zero-order valence-corrected chi connectivity index (χ0v) is 13.4. The third-order valence-electron chi connectivity index (χ3n) is 3.88. The van der Waals surface area contributed by atoms with Crippen LogP contribution in [0.15, 0.2) is 48.5 Å². The molecule has 2 aromatic carbocycles. The minimum Gasteiger partial charge on any atom is -0.399 e. The lowest BCUT2D eigenvalue weighted by Crippen LogP contribution is -2.24. The number of halogens is 1. The molecule has 0 aliphatic carbocycles. The minimum atomic E-state index is -0.253. The van der Waals surface area contributed by atoms with Crippen molar-refractivity contribution >= 4 is 11.6 Å². The van der Waals surface area contributed by atoms with Gasteiger partial charge in [0.25, 0.3) is 0 Å². The zero-order chi connectivity index (χ0) is 16.7. The van der Waals surface area contributed by atoms with E-state index in [4.69, 9.17) is 5.73 Å². The second kappa shape index (κ2) is 8.32. The van der Waals surface area contributed by atoms with E-state index in [1.54, 1.807) is 12.1 Å². The van der Waals surface area contributed by atoms with Crippen LogP contribution in [0.2, 0.25) is 0 Å². The van der Waals surface area contributed by atoms with E-state index in [9.17, 15) is 9.18 Å². The Morgan fingerprint density at radius 3 is 2.39 bits per heavy atom. The summed E-state index contributed by atoms with van der Waals surface area (Å²) in [5.41, 5.74) is 8.38. The summed E-state index contributed by atoms with van der Waals surface area (Å²) in [6, 6.07) is 13.9. The Kier molecular flexibility index (Phi) is 6.15. The number of nitrogen functional groups attached to an aromatic ring is 1. The highest BCUT2D eigenvalue weighted by molar-refractivity contribution is 5.76. The zero-order valence-electron chi connectivity index (χ0n) is 13.4. The smallest absolute Gasteiger partial charge is 0.220 e. The monoisotopic (exact) mass is 314 g/mol. The van der Waals surface area contributed by atoms with Gasteiger partial charge in [0.1, 0.15) is 5.82 Å². The molecule has 3 nitrogen and oxygen atoms in total. The molecule has 1 atom stereocenters. The van der Waals surface area contributed by atoms with Gasteiger partial charge in [-0.05, 0) is 47.7 Å². The highest BCUT2D eigenvalue weighted by Gasteiger charge is 2.15. The predicted molar refractivity (Wildman–Crippen MR) is 91.4 cm³/mol. The summed E-state index contributed by atoms with van der Waals surface area (Å²) in [7, 11) is 0. The van der Waals surface area contributed by atoms with Crippen molar-refractivity contribution < 1.29 is 9.18 Å². The summed E-state index contributed by atoms with van der Waals surface area (Å²) in [5.74, 6) is -0.131. The molecule has 2 rings (SSSR count). The molecule has 1 unspecified atom stereocenters. The molecular weight excluding hydrogens is 291 g/mol. The maximum absolute atomic E-state index is 13.0. The van der Waals surface area contributed by atoms with Gasteiger partial charge in [-0.25, -0.2) is 4.39 Å². The van der Waals surface area contributed by atoms with Gasteiger partial charge in [0.2, 0.25) is 5.91 Å². The van der Waals surface area contributed by atoms with Gasteiger partial charge in [0.05, 0.1) is 0 Å². The molecule has 2 aromatic rings. The van der Waals surface area contributed by atoms with Crippen molar-refractivity contribution in [3.05, 3.63) is 65.5 Å². The molecule has 122 valence electrons. The first-order chi connectivity index (χ1) is 11.1. The molecule has 0 aromatic heterocycles. The lowest BCUT2D eigenvalue weighted by atomic mass is 9.91. The van der Waals surface area contributed by atoms with Gasteiger partial charge in [-0.2, -0.15) is 0 Å². The first-order valence-electron chi connectivity index (χ1n) is 7.95. The molecule has 0 heterocycles. The Morgan fingerprint density at radius 2 is 1.78 bits per heavy atom. The molecule has 0 fully saturated rings. The Hall–Kier alpha value is -2.36. The van der Waals surface area contributed by atoms with Gasteiger partial charge in [-0.15, -0.1) is 0 Å². The highest BCUT2D eigenvalue weighted by atomic mass is 19.1. The van der Waals surface area contributed by atoms with Crippen LogP contribution < -0.4 is 11.1 Å². The molecule has 0 saturated carbocycles. The summed E-state index contributed by atoms with van der Waals surface area (Å²) >= 11 is 0. The van der Waals surface area contributed by atoms with Gasteiger partial charge in [-0.3, -0.25) is 4.79 Å². The molecule has 0 radical (unpaired) electrons. The number of anilines is 1. The fraction of sp³-hybridized carbons (Fsp3) is 0.316. The van der Waals surface area contributed by atoms with Gasteiger partial charge >= 0.3 is 0 Å². The van der Waals surface area contributed by atoms with E-state index in [0.717, 1.165) is 24.0 Å². The van der Waals surface area contributed by atoms with Gasteiger partial charge < -0.3 is 11.1 Å². The van der Waals surface area contributed by atoms with Crippen LogP contribution in [0.1, 0.15) is 43.2 Å². The molecule has 0 spiro atoms. The molecule has 0 aliphatic rings. The molecular formula is C19H23FN2O. The summed E-state index contributed by atoms with van der Waals surface area (Å²) in [6.07, 6.45) is 2.29. The Morgan fingerprint density at radius 1 is 1.13 bits per heavy atom. The molecule has 3 N–H and O–H groups in total. The number of hydrogen-bond acceptors (Lipinski definition) is 2. The average Bonchev–Trinajstić information content (AvgIpc) is 2.55. The summed E-state index contributed by atoms with van der Waals surface area (Å²) in [4.78, 5) is 12.2. The van der Waals surface area contributed by atoms with Crippen LogP contribution in [0.3, 0.4) is 0 Å². The van der Waals surface area contributed by atoms with Crippen molar-refractivity contribution in [1.82, 2.24) is 5.32 Å². The third kappa shape index (κ3) is 5.40. The number of carbonyl (C=O) groups is 1. The number of benzene rings is 2. The Bertz CT molecular complexity index is 623.